The normalized spacial score (nSPS) is 30.4. The van der Waals surface area contributed by atoms with Crippen molar-refractivity contribution in [1.82, 2.24) is 4.98 Å². The number of fused-ring (bicyclic) bond motifs is 3. The molecule has 3 aliphatic heterocycles. The van der Waals surface area contributed by atoms with Crippen LogP contribution in [-0.2, 0) is 14.3 Å². The Labute approximate surface area is 196 Å². The lowest BCUT2D eigenvalue weighted by Crippen LogP contribution is -2.66. The highest BCUT2D eigenvalue weighted by molar-refractivity contribution is 5.91. The van der Waals surface area contributed by atoms with E-state index in [0.717, 1.165) is 74.8 Å². The van der Waals surface area contributed by atoms with Gasteiger partial charge in [0.15, 0.2) is 12.6 Å². The Hall–Kier alpha value is -2.47. The Morgan fingerprint density at radius 2 is 1.82 bits per heavy atom. The molecule has 1 saturated carbocycles. The molecule has 6 nitrogen and oxygen atoms in total. The van der Waals surface area contributed by atoms with Gasteiger partial charge >= 0.3 is 5.97 Å². The van der Waals surface area contributed by atoms with Crippen molar-refractivity contribution >= 4 is 17.6 Å². The lowest BCUT2D eigenvalue weighted by molar-refractivity contribution is -0.939. The van der Waals surface area contributed by atoms with Crippen LogP contribution in [0.4, 0.5) is 5.69 Å². The topological polar surface area (TPSA) is 68.3 Å². The Bertz CT molecular complexity index is 923. The zero-order chi connectivity index (χ0) is 22.7. The second-order valence-electron chi connectivity index (χ2n) is 10.5. The smallest absolute Gasteiger partial charge is 0.316 e. The summed E-state index contributed by atoms with van der Waals surface area (Å²) >= 11 is 0. The zero-order valence-corrected chi connectivity index (χ0v) is 19.5. The fourth-order valence-electron chi connectivity index (χ4n) is 6.56. The van der Waals surface area contributed by atoms with Crippen molar-refractivity contribution in [2.45, 2.75) is 63.9 Å². The van der Waals surface area contributed by atoms with Crippen LogP contribution in [0.15, 0.2) is 48.3 Å². The Balaban J connectivity index is 1.27. The number of esters is 1. The molecular weight excluding hydrogens is 414 g/mol. The van der Waals surface area contributed by atoms with Gasteiger partial charge in [-0.2, -0.15) is 0 Å². The number of allylic oxidation sites excluding steroid dienone is 3. The van der Waals surface area contributed by atoms with E-state index in [0.29, 0.717) is 12.5 Å². The Morgan fingerprint density at radius 1 is 1.09 bits per heavy atom. The first-order valence-electron chi connectivity index (χ1n) is 12.7. The van der Waals surface area contributed by atoms with Crippen LogP contribution in [0.1, 0.15) is 57.8 Å². The van der Waals surface area contributed by atoms with E-state index in [1.165, 1.54) is 18.4 Å². The lowest BCUT2D eigenvalue weighted by atomic mass is 9.73. The van der Waals surface area contributed by atoms with Crippen molar-refractivity contribution in [3.8, 4) is 0 Å². The van der Waals surface area contributed by atoms with Crippen LogP contribution in [0, 0.1) is 11.3 Å². The van der Waals surface area contributed by atoms with Crippen LogP contribution >= 0.6 is 0 Å². The van der Waals surface area contributed by atoms with Gasteiger partial charge < -0.3 is 14.5 Å². The van der Waals surface area contributed by atoms with Gasteiger partial charge in [-0.05, 0) is 37.0 Å². The Kier molecular flexibility index (Phi) is 6.37. The highest BCUT2D eigenvalue weighted by atomic mass is 16.5. The molecule has 1 atom stereocenters. The van der Waals surface area contributed by atoms with Crippen LogP contribution in [-0.4, -0.2) is 53.6 Å². The first-order chi connectivity index (χ1) is 16.1. The van der Waals surface area contributed by atoms with Crippen molar-refractivity contribution in [3.05, 3.63) is 48.3 Å². The first-order valence-corrected chi connectivity index (χ1v) is 12.7. The number of nitrogens with zero attached hydrogens (tertiary/aromatic N) is 2. The maximum absolute atomic E-state index is 13.8. The molecule has 4 fully saturated rings. The summed E-state index contributed by atoms with van der Waals surface area (Å²) in [6.45, 7) is 3.17. The molecule has 1 aromatic heterocycles. The minimum atomic E-state index is -0.449. The van der Waals surface area contributed by atoms with Gasteiger partial charge in [0.2, 0.25) is 0 Å². The SMILES string of the molecule is O=C(C[N+]12CCC(CC1)[C@@H](OC(=O)C1(C3=CC=CC3)CCCCCC1)C2)Nc1ccncc1. The van der Waals surface area contributed by atoms with Gasteiger partial charge in [-0.1, -0.05) is 43.9 Å². The second-order valence-corrected chi connectivity index (χ2v) is 10.5. The van der Waals surface area contributed by atoms with Gasteiger partial charge in [0.1, 0.15) is 6.54 Å². The molecule has 2 aliphatic carbocycles. The maximum Gasteiger partial charge on any atom is 0.316 e. The highest BCUT2D eigenvalue weighted by Gasteiger charge is 2.51. The average molecular weight is 451 g/mol. The number of carbonyl (C=O) groups is 2. The van der Waals surface area contributed by atoms with Crippen LogP contribution in [0.3, 0.4) is 0 Å². The summed E-state index contributed by atoms with van der Waals surface area (Å²) in [7, 11) is 0. The average Bonchev–Trinajstić information content (AvgIpc) is 3.25. The highest BCUT2D eigenvalue weighted by Crippen LogP contribution is 2.46. The summed E-state index contributed by atoms with van der Waals surface area (Å²) in [5.74, 6) is 0.447. The molecule has 0 radical (unpaired) electrons. The number of aromatic nitrogens is 1. The molecular formula is C27H36N3O3+. The van der Waals surface area contributed by atoms with E-state index in [4.69, 9.17) is 4.74 Å². The molecule has 6 rings (SSSR count). The molecule has 1 aromatic rings. The number of rotatable bonds is 6. The van der Waals surface area contributed by atoms with E-state index in [2.05, 4.69) is 28.5 Å². The molecule has 0 unspecified atom stereocenters. The van der Waals surface area contributed by atoms with E-state index < -0.39 is 5.41 Å². The molecule has 33 heavy (non-hydrogen) atoms. The summed E-state index contributed by atoms with van der Waals surface area (Å²) in [6.07, 6.45) is 19.0. The molecule has 0 spiro atoms. The fourth-order valence-corrected chi connectivity index (χ4v) is 6.56. The van der Waals surface area contributed by atoms with Crippen molar-refractivity contribution < 1.29 is 18.8 Å². The third kappa shape index (κ3) is 4.63. The van der Waals surface area contributed by atoms with Crippen molar-refractivity contribution in [2.75, 3.05) is 31.5 Å². The quantitative estimate of drug-likeness (QED) is 0.396. The molecule has 3 saturated heterocycles. The number of amides is 1. The van der Waals surface area contributed by atoms with E-state index in [9.17, 15) is 9.59 Å². The number of hydrogen-bond donors (Lipinski definition) is 1. The van der Waals surface area contributed by atoms with Gasteiger partial charge in [-0.25, -0.2) is 0 Å². The number of nitrogens with one attached hydrogen (secondary N) is 1. The lowest BCUT2D eigenvalue weighted by Gasteiger charge is -2.52. The molecule has 1 N–H and O–H groups in total. The summed E-state index contributed by atoms with van der Waals surface area (Å²) < 4.78 is 7.12. The molecule has 5 aliphatic rings. The van der Waals surface area contributed by atoms with Gasteiger partial charge in [0.05, 0.1) is 18.5 Å². The van der Waals surface area contributed by atoms with E-state index in [1.54, 1.807) is 12.4 Å². The predicted molar refractivity (Wildman–Crippen MR) is 127 cm³/mol. The summed E-state index contributed by atoms with van der Waals surface area (Å²) in [5.41, 5.74) is 1.57. The van der Waals surface area contributed by atoms with Gasteiger partial charge in [0, 0.05) is 36.8 Å². The van der Waals surface area contributed by atoms with Crippen LogP contribution in [0.25, 0.3) is 0 Å². The van der Waals surface area contributed by atoms with E-state index in [1.807, 2.05) is 12.1 Å². The standard InChI is InChI=1S/C27H35N3O3/c31-25(29-23-9-15-28-16-10-23)20-30-17-11-21(12-18-30)24(19-30)33-26(32)27(22-7-3-4-8-22)13-5-1-2-6-14-27/h3-4,7,9-10,15-16,21,24H,1-2,5-6,8,11-14,17-20H2/p+1/t21?,24-,30?/m0/s1. The molecule has 2 bridgehead atoms. The van der Waals surface area contributed by atoms with Crippen LogP contribution in [0.2, 0.25) is 0 Å². The van der Waals surface area contributed by atoms with Gasteiger partial charge in [-0.15, -0.1) is 0 Å². The third-order valence-electron chi connectivity index (χ3n) is 8.48. The van der Waals surface area contributed by atoms with Crippen molar-refractivity contribution in [3.63, 3.8) is 0 Å². The second kappa shape index (κ2) is 9.41. The maximum atomic E-state index is 13.8. The van der Waals surface area contributed by atoms with Gasteiger partial charge in [0.25, 0.3) is 5.91 Å². The summed E-state index contributed by atoms with van der Waals surface area (Å²) in [5, 5.41) is 3.01. The number of quaternary nitrogens is 1. The number of ether oxygens (including phenoxy) is 1. The molecule has 176 valence electrons. The minimum Gasteiger partial charge on any atom is -0.455 e. The number of carbonyl (C=O) groups excluding carboxylic acids is 2. The largest absolute Gasteiger partial charge is 0.455 e. The predicted octanol–water partition coefficient (Wildman–Crippen LogP) is 4.40. The van der Waals surface area contributed by atoms with E-state index >= 15 is 0 Å². The van der Waals surface area contributed by atoms with Crippen LogP contribution < -0.4 is 5.32 Å². The van der Waals surface area contributed by atoms with Crippen molar-refractivity contribution in [2.24, 2.45) is 11.3 Å². The first kappa shape index (κ1) is 22.3. The number of pyridine rings is 1. The summed E-state index contributed by atoms with van der Waals surface area (Å²) in [4.78, 5) is 30.6. The number of hydrogen-bond acceptors (Lipinski definition) is 4. The number of anilines is 1. The van der Waals surface area contributed by atoms with Crippen LogP contribution in [0.5, 0.6) is 0 Å². The number of piperidine rings is 3. The van der Waals surface area contributed by atoms with E-state index in [-0.39, 0.29) is 18.0 Å². The minimum absolute atomic E-state index is 0.00233. The third-order valence-corrected chi connectivity index (χ3v) is 8.48. The fraction of sp³-hybridized carbons (Fsp3) is 0.593. The zero-order valence-electron chi connectivity index (χ0n) is 19.5. The summed E-state index contributed by atoms with van der Waals surface area (Å²) in [6, 6.07) is 3.62. The monoisotopic (exact) mass is 450 g/mol. The van der Waals surface area contributed by atoms with Gasteiger partial charge in [-0.3, -0.25) is 14.6 Å². The Morgan fingerprint density at radius 3 is 2.48 bits per heavy atom. The van der Waals surface area contributed by atoms with Crippen molar-refractivity contribution in [1.29, 1.82) is 0 Å². The molecule has 4 heterocycles. The molecule has 0 aromatic carbocycles. The molecule has 6 heteroatoms. The molecule has 1 amide bonds.